The summed E-state index contributed by atoms with van der Waals surface area (Å²) in [6, 6.07) is 9.06. The highest BCUT2D eigenvalue weighted by Crippen LogP contribution is 2.28. The summed E-state index contributed by atoms with van der Waals surface area (Å²) < 4.78 is 0. The summed E-state index contributed by atoms with van der Waals surface area (Å²) in [4.78, 5) is 29.4. The number of thiophene rings is 1. The molecule has 0 fully saturated rings. The van der Waals surface area contributed by atoms with E-state index < -0.39 is 6.04 Å². The van der Waals surface area contributed by atoms with Crippen molar-refractivity contribution in [1.82, 2.24) is 10.3 Å². The van der Waals surface area contributed by atoms with Gasteiger partial charge < -0.3 is 10.6 Å². The number of carbonyl (C=O) groups excluding carboxylic acids is 2. The summed E-state index contributed by atoms with van der Waals surface area (Å²) in [5.74, 6) is -0.547. The van der Waals surface area contributed by atoms with Crippen molar-refractivity contribution in [3.05, 3.63) is 57.1 Å². The lowest BCUT2D eigenvalue weighted by Crippen LogP contribution is -2.41. The Morgan fingerprint density at radius 1 is 1.15 bits per heavy atom. The van der Waals surface area contributed by atoms with Crippen LogP contribution < -0.4 is 10.6 Å². The van der Waals surface area contributed by atoms with Crippen LogP contribution >= 0.6 is 22.7 Å². The number of carbonyl (C=O) groups is 2. The highest BCUT2D eigenvalue weighted by molar-refractivity contribution is 7.14. The molecule has 134 valence electrons. The number of aromatic nitrogens is 1. The second-order valence-corrected chi connectivity index (χ2v) is 7.82. The van der Waals surface area contributed by atoms with Crippen LogP contribution in [0, 0.1) is 13.8 Å². The average Bonchev–Trinajstić information content (AvgIpc) is 3.26. The quantitative estimate of drug-likeness (QED) is 0.690. The number of benzene rings is 1. The predicted octanol–water partition coefficient (Wildman–Crippen LogP) is 4.25. The zero-order valence-corrected chi connectivity index (χ0v) is 16.3. The van der Waals surface area contributed by atoms with Gasteiger partial charge in [-0.2, -0.15) is 0 Å². The molecule has 0 spiro atoms. The van der Waals surface area contributed by atoms with Crippen molar-refractivity contribution >= 4 is 39.6 Å². The molecular weight excluding hydrogens is 366 g/mol. The molecule has 0 aliphatic carbocycles. The summed E-state index contributed by atoms with van der Waals surface area (Å²) in [6.45, 7) is 5.75. The predicted molar refractivity (Wildman–Crippen MR) is 107 cm³/mol. The number of nitrogens with one attached hydrogen (secondary N) is 2. The first kappa shape index (κ1) is 18.3. The zero-order chi connectivity index (χ0) is 18.7. The van der Waals surface area contributed by atoms with Gasteiger partial charge in [-0.15, -0.1) is 22.7 Å². The lowest BCUT2D eigenvalue weighted by molar-refractivity contribution is -0.117. The number of thiazole rings is 1. The maximum Gasteiger partial charge on any atom is 0.261 e. The van der Waals surface area contributed by atoms with Gasteiger partial charge in [0.1, 0.15) is 6.04 Å². The molecule has 0 bridgehead atoms. The molecule has 0 aliphatic heterocycles. The van der Waals surface area contributed by atoms with E-state index in [1.807, 2.05) is 29.8 Å². The Bertz CT molecular complexity index is 932. The largest absolute Gasteiger partial charge is 0.340 e. The monoisotopic (exact) mass is 385 g/mol. The number of aryl methyl sites for hydroxylation is 2. The molecule has 0 saturated heterocycles. The van der Waals surface area contributed by atoms with Gasteiger partial charge in [0, 0.05) is 10.9 Å². The minimum atomic E-state index is -0.655. The Labute approximate surface area is 160 Å². The summed E-state index contributed by atoms with van der Waals surface area (Å²) in [6.07, 6.45) is 0. The van der Waals surface area contributed by atoms with Crippen LogP contribution in [0.3, 0.4) is 0 Å². The van der Waals surface area contributed by atoms with Gasteiger partial charge in [-0.3, -0.25) is 9.59 Å². The summed E-state index contributed by atoms with van der Waals surface area (Å²) in [5, 5.41) is 9.72. The molecule has 1 unspecified atom stereocenters. The van der Waals surface area contributed by atoms with Crippen molar-refractivity contribution in [2.45, 2.75) is 26.8 Å². The summed E-state index contributed by atoms with van der Waals surface area (Å²) in [7, 11) is 0. The third kappa shape index (κ3) is 4.17. The van der Waals surface area contributed by atoms with Crippen molar-refractivity contribution in [1.29, 1.82) is 0 Å². The van der Waals surface area contributed by atoms with E-state index >= 15 is 0 Å². The van der Waals surface area contributed by atoms with Gasteiger partial charge >= 0.3 is 0 Å². The first-order valence-corrected chi connectivity index (χ1v) is 9.88. The van der Waals surface area contributed by atoms with Crippen LogP contribution in [0.1, 0.15) is 27.7 Å². The molecule has 1 atom stereocenters. The van der Waals surface area contributed by atoms with E-state index in [9.17, 15) is 9.59 Å². The number of hydrogen-bond donors (Lipinski definition) is 2. The fourth-order valence-corrected chi connectivity index (χ4v) is 3.85. The lowest BCUT2D eigenvalue weighted by atomic mass is 10.0. The third-order valence-corrected chi connectivity index (χ3v) is 5.50. The molecule has 3 rings (SSSR count). The Morgan fingerprint density at radius 3 is 2.65 bits per heavy atom. The maximum absolute atomic E-state index is 12.3. The molecule has 26 heavy (non-hydrogen) atoms. The Kier molecular flexibility index (Phi) is 5.49. The Hall–Kier alpha value is -2.51. The molecule has 1 aromatic carbocycles. The fraction of sp³-hybridized carbons (Fsp3) is 0.211. The van der Waals surface area contributed by atoms with Gasteiger partial charge in [0.15, 0.2) is 5.13 Å². The molecule has 0 aliphatic rings. The molecule has 3 aromatic rings. The molecule has 2 amide bonds. The second kappa shape index (κ2) is 7.80. The summed E-state index contributed by atoms with van der Waals surface area (Å²) >= 11 is 2.70. The lowest BCUT2D eigenvalue weighted by Gasteiger charge is -2.12. The van der Waals surface area contributed by atoms with Crippen LogP contribution in [0.25, 0.3) is 11.3 Å². The molecule has 7 heteroatoms. The van der Waals surface area contributed by atoms with Gasteiger partial charge in [0.2, 0.25) is 5.91 Å². The van der Waals surface area contributed by atoms with Crippen LogP contribution in [-0.4, -0.2) is 22.8 Å². The number of amides is 2. The molecule has 5 nitrogen and oxygen atoms in total. The second-order valence-electron chi connectivity index (χ2n) is 6.02. The van der Waals surface area contributed by atoms with Crippen molar-refractivity contribution in [3.63, 3.8) is 0 Å². The minimum Gasteiger partial charge on any atom is -0.340 e. The van der Waals surface area contributed by atoms with Gasteiger partial charge in [0.05, 0.1) is 10.6 Å². The van der Waals surface area contributed by atoms with Gasteiger partial charge in [-0.05, 0) is 37.8 Å². The van der Waals surface area contributed by atoms with E-state index in [1.165, 1.54) is 28.2 Å². The fourth-order valence-electron chi connectivity index (χ4n) is 2.51. The summed E-state index contributed by atoms with van der Waals surface area (Å²) in [5.41, 5.74) is 4.22. The molecular formula is C19H19N3O2S2. The average molecular weight is 386 g/mol. The van der Waals surface area contributed by atoms with E-state index in [-0.39, 0.29) is 11.8 Å². The van der Waals surface area contributed by atoms with Crippen LogP contribution in [0.5, 0.6) is 0 Å². The first-order chi connectivity index (χ1) is 12.4. The van der Waals surface area contributed by atoms with Crippen molar-refractivity contribution in [2.24, 2.45) is 0 Å². The third-order valence-electron chi connectivity index (χ3n) is 3.88. The number of anilines is 1. The maximum atomic E-state index is 12.3. The van der Waals surface area contributed by atoms with Crippen LogP contribution in [0.4, 0.5) is 5.13 Å². The minimum absolute atomic E-state index is 0.252. The smallest absolute Gasteiger partial charge is 0.261 e. The van der Waals surface area contributed by atoms with Crippen molar-refractivity contribution in [2.75, 3.05) is 5.32 Å². The highest BCUT2D eigenvalue weighted by atomic mass is 32.1. The van der Waals surface area contributed by atoms with Crippen molar-refractivity contribution < 1.29 is 9.59 Å². The van der Waals surface area contributed by atoms with Crippen LogP contribution in [-0.2, 0) is 4.79 Å². The van der Waals surface area contributed by atoms with E-state index in [2.05, 4.69) is 28.6 Å². The molecule has 2 heterocycles. The van der Waals surface area contributed by atoms with E-state index in [1.54, 1.807) is 19.1 Å². The molecule has 2 N–H and O–H groups in total. The Morgan fingerprint density at radius 2 is 1.96 bits per heavy atom. The van der Waals surface area contributed by atoms with Crippen LogP contribution in [0.15, 0.2) is 41.1 Å². The zero-order valence-electron chi connectivity index (χ0n) is 14.7. The van der Waals surface area contributed by atoms with E-state index in [4.69, 9.17) is 0 Å². The number of nitrogens with zero attached hydrogens (tertiary/aromatic N) is 1. The molecule has 0 saturated carbocycles. The topological polar surface area (TPSA) is 71.1 Å². The normalized spacial score (nSPS) is 11.8. The standard InChI is InChI=1S/C19H19N3O2S2/c1-11-6-7-14(12(2)9-11)15-10-26-19(21-15)22-17(23)13(3)20-18(24)16-5-4-8-25-16/h4-10,13H,1-3H3,(H,20,24)(H,21,22,23). The van der Waals surface area contributed by atoms with E-state index in [0.717, 1.165) is 16.8 Å². The highest BCUT2D eigenvalue weighted by Gasteiger charge is 2.18. The first-order valence-electron chi connectivity index (χ1n) is 8.12. The van der Waals surface area contributed by atoms with Crippen molar-refractivity contribution in [3.8, 4) is 11.3 Å². The SMILES string of the molecule is Cc1ccc(-c2csc(NC(=O)C(C)NC(=O)c3cccs3)n2)c(C)c1. The number of hydrogen-bond acceptors (Lipinski definition) is 5. The van der Waals surface area contributed by atoms with E-state index in [0.29, 0.717) is 10.0 Å². The Balaban J connectivity index is 1.64. The van der Waals surface area contributed by atoms with Crippen LogP contribution in [0.2, 0.25) is 0 Å². The number of rotatable bonds is 5. The molecule has 0 radical (unpaired) electrons. The van der Waals surface area contributed by atoms with Gasteiger partial charge in [-0.25, -0.2) is 4.98 Å². The molecule has 2 aromatic heterocycles. The van der Waals surface area contributed by atoms with Gasteiger partial charge in [-0.1, -0.05) is 29.8 Å². The van der Waals surface area contributed by atoms with Gasteiger partial charge in [0.25, 0.3) is 5.91 Å².